The first kappa shape index (κ1) is 10.5. The smallest absolute Gasteiger partial charge is 0.271 e. The van der Waals surface area contributed by atoms with Gasteiger partial charge in [0.15, 0.2) is 0 Å². The summed E-state index contributed by atoms with van der Waals surface area (Å²) in [5, 5.41) is 0.232. The molecule has 6 heteroatoms. The average molecular weight is 214 g/mol. The number of nitrogens with zero attached hydrogens (tertiary/aromatic N) is 1. The van der Waals surface area contributed by atoms with E-state index in [1.54, 1.807) is 0 Å². The van der Waals surface area contributed by atoms with E-state index in [1.807, 2.05) is 0 Å². The van der Waals surface area contributed by atoms with Gasteiger partial charge in [-0.3, -0.25) is 25.4 Å². The van der Waals surface area contributed by atoms with Crippen LogP contribution in [0.5, 0.6) is 0 Å². The molecule has 1 heterocycles. The Morgan fingerprint density at radius 3 is 2.71 bits per heavy atom. The topological polar surface area (TPSA) is 71.1 Å². The summed E-state index contributed by atoms with van der Waals surface area (Å²) in [6.07, 6.45) is 2.79. The van der Waals surface area contributed by atoms with Crippen LogP contribution in [-0.4, -0.2) is 16.8 Å². The van der Waals surface area contributed by atoms with Crippen molar-refractivity contribution in [3.63, 3.8) is 0 Å². The summed E-state index contributed by atoms with van der Waals surface area (Å²) in [6.45, 7) is 1.29. The summed E-state index contributed by atoms with van der Waals surface area (Å²) in [6, 6.07) is 1.46. The summed E-state index contributed by atoms with van der Waals surface area (Å²) < 4.78 is 0. The van der Waals surface area contributed by atoms with Crippen LogP contribution in [-0.2, 0) is 4.79 Å². The Balaban J connectivity index is 2.70. The van der Waals surface area contributed by atoms with E-state index in [0.717, 1.165) is 0 Å². The second kappa shape index (κ2) is 4.57. The summed E-state index contributed by atoms with van der Waals surface area (Å²) in [5.41, 5.74) is 4.60. The minimum absolute atomic E-state index is 0.232. The van der Waals surface area contributed by atoms with Crippen LogP contribution in [0.1, 0.15) is 17.3 Å². The quantitative estimate of drug-likeness (QED) is 0.668. The molecule has 0 bridgehead atoms. The molecule has 0 atom stereocenters. The first-order valence-corrected chi connectivity index (χ1v) is 4.15. The zero-order chi connectivity index (χ0) is 10.6. The molecule has 0 aliphatic rings. The molecule has 0 aliphatic carbocycles. The van der Waals surface area contributed by atoms with Crippen LogP contribution < -0.4 is 10.9 Å². The molecule has 0 aromatic carbocycles. The molecule has 0 unspecified atom stereocenters. The van der Waals surface area contributed by atoms with E-state index >= 15 is 0 Å². The molecule has 0 saturated carbocycles. The maximum Gasteiger partial charge on any atom is 0.271 e. The van der Waals surface area contributed by atoms with Gasteiger partial charge < -0.3 is 0 Å². The first-order chi connectivity index (χ1) is 6.61. The Labute approximate surface area is 85.4 Å². The molecule has 2 amide bonds. The summed E-state index contributed by atoms with van der Waals surface area (Å²) in [4.78, 5) is 25.5. The molecular weight excluding hydrogens is 206 g/mol. The van der Waals surface area contributed by atoms with Gasteiger partial charge in [0.25, 0.3) is 5.91 Å². The maximum atomic E-state index is 11.3. The van der Waals surface area contributed by atoms with Crippen molar-refractivity contribution >= 4 is 23.4 Å². The van der Waals surface area contributed by atoms with E-state index in [4.69, 9.17) is 11.6 Å². The Bertz CT molecular complexity index is 367. The highest BCUT2D eigenvalue weighted by atomic mass is 35.5. The molecule has 0 radical (unpaired) electrons. The largest absolute Gasteiger partial charge is 0.274 e. The van der Waals surface area contributed by atoms with Gasteiger partial charge in [-0.05, 0) is 6.07 Å². The number of aromatic nitrogens is 1. The number of hydrogen-bond acceptors (Lipinski definition) is 3. The van der Waals surface area contributed by atoms with E-state index < -0.39 is 5.91 Å². The molecule has 1 rings (SSSR count). The number of hydrazine groups is 1. The van der Waals surface area contributed by atoms with Gasteiger partial charge >= 0.3 is 0 Å². The molecule has 0 spiro atoms. The monoisotopic (exact) mass is 213 g/mol. The lowest BCUT2D eigenvalue weighted by atomic mass is 10.2. The number of halogens is 1. The fraction of sp³-hybridized carbons (Fsp3) is 0.125. The number of nitrogens with one attached hydrogen (secondary N) is 2. The lowest BCUT2D eigenvalue weighted by Gasteiger charge is -2.05. The molecule has 1 aromatic rings. The fourth-order valence-electron chi connectivity index (χ4n) is 0.771. The minimum atomic E-state index is -0.479. The predicted molar refractivity (Wildman–Crippen MR) is 50.5 cm³/mol. The molecule has 0 aliphatic heterocycles. The molecule has 74 valence electrons. The van der Waals surface area contributed by atoms with Gasteiger partial charge in [-0.1, -0.05) is 11.6 Å². The summed E-state index contributed by atoms with van der Waals surface area (Å²) >= 11 is 5.70. The Kier molecular flexibility index (Phi) is 3.41. The van der Waals surface area contributed by atoms with Crippen LogP contribution in [0, 0.1) is 0 Å². The summed E-state index contributed by atoms with van der Waals surface area (Å²) in [5.74, 6) is -0.837. The van der Waals surface area contributed by atoms with E-state index in [0.29, 0.717) is 0 Å². The van der Waals surface area contributed by atoms with Gasteiger partial charge in [0.05, 0.1) is 10.6 Å². The van der Waals surface area contributed by atoms with Crippen molar-refractivity contribution in [1.82, 2.24) is 15.8 Å². The lowest BCUT2D eigenvalue weighted by Crippen LogP contribution is -2.40. The number of amides is 2. The Morgan fingerprint density at radius 1 is 1.43 bits per heavy atom. The second-order valence-corrected chi connectivity index (χ2v) is 2.90. The molecule has 5 nitrogen and oxygen atoms in total. The van der Waals surface area contributed by atoms with Crippen molar-refractivity contribution < 1.29 is 9.59 Å². The van der Waals surface area contributed by atoms with Crippen molar-refractivity contribution in [3.05, 3.63) is 29.0 Å². The first-order valence-electron chi connectivity index (χ1n) is 3.77. The van der Waals surface area contributed by atoms with E-state index in [2.05, 4.69) is 15.8 Å². The number of hydrogen-bond donors (Lipinski definition) is 2. The third-order valence-electron chi connectivity index (χ3n) is 1.37. The van der Waals surface area contributed by atoms with Crippen LogP contribution in [0.15, 0.2) is 18.5 Å². The van der Waals surface area contributed by atoms with Crippen molar-refractivity contribution in [2.75, 3.05) is 0 Å². The molecule has 14 heavy (non-hydrogen) atoms. The number of pyridine rings is 1. The van der Waals surface area contributed by atoms with Crippen LogP contribution in [0.3, 0.4) is 0 Å². The highest BCUT2D eigenvalue weighted by Gasteiger charge is 2.09. The van der Waals surface area contributed by atoms with Crippen LogP contribution >= 0.6 is 11.6 Å². The zero-order valence-corrected chi connectivity index (χ0v) is 8.13. The van der Waals surface area contributed by atoms with Gasteiger partial charge in [0, 0.05) is 19.3 Å². The average Bonchev–Trinajstić information content (AvgIpc) is 2.15. The Morgan fingerprint density at radius 2 is 2.14 bits per heavy atom. The molecular formula is C8H8ClN3O2. The predicted octanol–water partition coefficient (Wildman–Crippen LogP) is 0.516. The van der Waals surface area contributed by atoms with Crippen LogP contribution in [0.4, 0.5) is 0 Å². The number of rotatable bonds is 1. The van der Waals surface area contributed by atoms with Crippen molar-refractivity contribution in [2.45, 2.75) is 6.92 Å². The fourth-order valence-corrected chi connectivity index (χ4v) is 0.977. The number of carbonyl (C=O) groups excluding carboxylic acids is 2. The van der Waals surface area contributed by atoms with Gasteiger partial charge in [-0.25, -0.2) is 0 Å². The van der Waals surface area contributed by atoms with Crippen molar-refractivity contribution in [1.29, 1.82) is 0 Å². The van der Waals surface area contributed by atoms with E-state index in [1.165, 1.54) is 25.4 Å². The highest BCUT2D eigenvalue weighted by Crippen LogP contribution is 2.12. The van der Waals surface area contributed by atoms with E-state index in [9.17, 15) is 9.59 Å². The SMILES string of the molecule is CC(=O)NNC(=O)c1ccncc1Cl. The second-order valence-electron chi connectivity index (χ2n) is 2.49. The van der Waals surface area contributed by atoms with Crippen molar-refractivity contribution in [2.24, 2.45) is 0 Å². The van der Waals surface area contributed by atoms with Gasteiger partial charge in [-0.15, -0.1) is 0 Å². The normalized spacial score (nSPS) is 9.29. The van der Waals surface area contributed by atoms with Crippen LogP contribution in [0.25, 0.3) is 0 Å². The number of carbonyl (C=O) groups is 2. The zero-order valence-electron chi connectivity index (χ0n) is 7.37. The van der Waals surface area contributed by atoms with E-state index in [-0.39, 0.29) is 16.5 Å². The standard InChI is InChI=1S/C8H8ClN3O2/c1-5(13)11-12-8(14)6-2-3-10-4-7(6)9/h2-4H,1H3,(H,11,13)(H,12,14). The van der Waals surface area contributed by atoms with Gasteiger partial charge in [-0.2, -0.15) is 0 Å². The molecule has 1 aromatic heterocycles. The highest BCUT2D eigenvalue weighted by molar-refractivity contribution is 6.33. The third kappa shape index (κ3) is 2.70. The Hall–Kier alpha value is -1.62. The molecule has 0 fully saturated rings. The minimum Gasteiger partial charge on any atom is -0.274 e. The summed E-state index contributed by atoms with van der Waals surface area (Å²) in [7, 11) is 0. The molecule has 0 saturated heterocycles. The third-order valence-corrected chi connectivity index (χ3v) is 1.67. The lowest BCUT2D eigenvalue weighted by molar-refractivity contribution is -0.119. The molecule has 2 N–H and O–H groups in total. The van der Waals surface area contributed by atoms with Crippen molar-refractivity contribution in [3.8, 4) is 0 Å². The van der Waals surface area contributed by atoms with Gasteiger partial charge in [0.2, 0.25) is 5.91 Å². The van der Waals surface area contributed by atoms with Crippen LogP contribution in [0.2, 0.25) is 5.02 Å². The van der Waals surface area contributed by atoms with Gasteiger partial charge in [0.1, 0.15) is 0 Å². The maximum absolute atomic E-state index is 11.3.